The standard InChI is InChI=1S/C20H33N5O3/c1-21-20(23-15-9-10-17(27-4)18(14-15)28-5)22-11-7-13-25-12-6-8-16(25)19(26)24(2)3/h9-10,14,16H,6-8,11-13H2,1-5H3,(H2,21,22,23). The number of guanidine groups is 1. The fourth-order valence-electron chi connectivity index (χ4n) is 3.39. The first kappa shape index (κ1) is 21.8. The molecule has 1 aliphatic rings. The van der Waals surface area contributed by atoms with Crippen LogP contribution in [-0.2, 0) is 4.79 Å². The first-order valence-electron chi connectivity index (χ1n) is 9.65. The lowest BCUT2D eigenvalue weighted by atomic mass is 10.2. The number of likely N-dealkylation sites (N-methyl/N-ethyl adjacent to an activating group) is 1. The molecule has 1 heterocycles. The second kappa shape index (κ2) is 10.8. The number of amides is 1. The largest absolute Gasteiger partial charge is 0.493 e. The van der Waals surface area contributed by atoms with Crippen molar-refractivity contribution in [3.8, 4) is 11.5 Å². The van der Waals surface area contributed by atoms with Crippen LogP contribution in [0.5, 0.6) is 11.5 Å². The quantitative estimate of drug-likeness (QED) is 0.398. The van der Waals surface area contributed by atoms with Gasteiger partial charge in [-0.2, -0.15) is 0 Å². The number of ether oxygens (including phenoxy) is 2. The third-order valence-corrected chi connectivity index (χ3v) is 4.87. The molecule has 1 fully saturated rings. The van der Waals surface area contributed by atoms with Gasteiger partial charge in [0.05, 0.1) is 20.3 Å². The van der Waals surface area contributed by atoms with Crippen molar-refractivity contribution in [3.05, 3.63) is 18.2 Å². The Hall–Kier alpha value is -2.48. The number of aliphatic imine (C=N–C) groups is 1. The SMILES string of the molecule is CN=C(NCCCN1CCCC1C(=O)N(C)C)Nc1ccc(OC)c(OC)c1. The molecule has 8 nitrogen and oxygen atoms in total. The highest BCUT2D eigenvalue weighted by atomic mass is 16.5. The van der Waals surface area contributed by atoms with Crippen LogP contribution >= 0.6 is 0 Å². The third kappa shape index (κ3) is 5.76. The monoisotopic (exact) mass is 391 g/mol. The lowest BCUT2D eigenvalue weighted by Crippen LogP contribution is -2.43. The second-order valence-corrected chi connectivity index (χ2v) is 6.97. The van der Waals surface area contributed by atoms with Gasteiger partial charge in [0.15, 0.2) is 17.5 Å². The minimum Gasteiger partial charge on any atom is -0.493 e. The van der Waals surface area contributed by atoms with E-state index >= 15 is 0 Å². The third-order valence-electron chi connectivity index (χ3n) is 4.87. The second-order valence-electron chi connectivity index (χ2n) is 6.97. The molecule has 1 unspecified atom stereocenters. The summed E-state index contributed by atoms with van der Waals surface area (Å²) in [6, 6.07) is 5.66. The van der Waals surface area contributed by atoms with E-state index in [1.165, 1.54) is 0 Å². The van der Waals surface area contributed by atoms with Gasteiger partial charge in [-0.05, 0) is 37.9 Å². The number of carbonyl (C=O) groups excluding carboxylic acids is 1. The summed E-state index contributed by atoms with van der Waals surface area (Å²) < 4.78 is 10.6. The Kier molecular flexibility index (Phi) is 8.38. The molecule has 0 saturated carbocycles. The first-order chi connectivity index (χ1) is 13.5. The summed E-state index contributed by atoms with van der Waals surface area (Å²) in [5, 5.41) is 6.57. The van der Waals surface area contributed by atoms with Gasteiger partial charge in [0, 0.05) is 46.0 Å². The summed E-state index contributed by atoms with van der Waals surface area (Å²) in [7, 11) is 8.61. The van der Waals surface area contributed by atoms with Gasteiger partial charge in [0.2, 0.25) is 5.91 Å². The fraction of sp³-hybridized carbons (Fsp3) is 0.600. The molecule has 1 atom stereocenters. The van der Waals surface area contributed by atoms with Gasteiger partial charge >= 0.3 is 0 Å². The van der Waals surface area contributed by atoms with E-state index in [2.05, 4.69) is 20.5 Å². The Morgan fingerprint density at radius 1 is 1.29 bits per heavy atom. The maximum Gasteiger partial charge on any atom is 0.239 e. The molecule has 1 aromatic rings. The van der Waals surface area contributed by atoms with Crippen molar-refractivity contribution in [2.24, 2.45) is 4.99 Å². The Labute approximate surface area is 167 Å². The van der Waals surface area contributed by atoms with Crippen LogP contribution in [0.15, 0.2) is 23.2 Å². The minimum absolute atomic E-state index is 0.0270. The van der Waals surface area contributed by atoms with Crippen LogP contribution in [0.25, 0.3) is 0 Å². The molecule has 0 aromatic heterocycles. The molecular weight excluding hydrogens is 358 g/mol. The van der Waals surface area contributed by atoms with Gasteiger partial charge in [-0.1, -0.05) is 0 Å². The van der Waals surface area contributed by atoms with Crippen LogP contribution < -0.4 is 20.1 Å². The lowest BCUT2D eigenvalue weighted by Gasteiger charge is -2.26. The number of carbonyl (C=O) groups is 1. The van der Waals surface area contributed by atoms with Crippen LogP contribution in [0.3, 0.4) is 0 Å². The van der Waals surface area contributed by atoms with Crippen LogP contribution in [0.2, 0.25) is 0 Å². The number of rotatable bonds is 8. The zero-order valence-corrected chi connectivity index (χ0v) is 17.6. The summed E-state index contributed by atoms with van der Waals surface area (Å²) in [6.07, 6.45) is 2.97. The van der Waals surface area contributed by atoms with Gasteiger partial charge in [-0.15, -0.1) is 0 Å². The van der Waals surface area contributed by atoms with Crippen LogP contribution in [-0.4, -0.2) is 82.7 Å². The van der Waals surface area contributed by atoms with Crippen molar-refractivity contribution in [2.75, 3.05) is 60.3 Å². The average Bonchev–Trinajstić information content (AvgIpc) is 3.17. The summed E-state index contributed by atoms with van der Waals surface area (Å²) in [5.74, 6) is 2.24. The zero-order valence-electron chi connectivity index (χ0n) is 17.6. The normalized spacial score (nSPS) is 17.3. The number of nitrogens with one attached hydrogen (secondary N) is 2. The van der Waals surface area contributed by atoms with E-state index in [4.69, 9.17) is 9.47 Å². The van der Waals surface area contributed by atoms with Gasteiger partial charge < -0.3 is 25.0 Å². The topological polar surface area (TPSA) is 78.4 Å². The first-order valence-corrected chi connectivity index (χ1v) is 9.65. The Morgan fingerprint density at radius 3 is 2.68 bits per heavy atom. The summed E-state index contributed by atoms with van der Waals surface area (Å²) in [4.78, 5) is 20.5. The van der Waals surface area contributed by atoms with Gasteiger partial charge in [-0.3, -0.25) is 14.7 Å². The predicted molar refractivity (Wildman–Crippen MR) is 112 cm³/mol. The molecule has 0 radical (unpaired) electrons. The van der Waals surface area contributed by atoms with E-state index in [0.29, 0.717) is 17.5 Å². The summed E-state index contributed by atoms with van der Waals surface area (Å²) in [6.45, 7) is 2.65. The molecular formula is C20H33N5O3. The summed E-state index contributed by atoms with van der Waals surface area (Å²) >= 11 is 0. The highest BCUT2D eigenvalue weighted by molar-refractivity contribution is 5.93. The van der Waals surface area contributed by atoms with E-state index in [1.807, 2.05) is 32.3 Å². The van der Waals surface area contributed by atoms with Gasteiger partial charge in [0.1, 0.15) is 0 Å². The van der Waals surface area contributed by atoms with E-state index in [-0.39, 0.29) is 11.9 Å². The molecule has 1 aliphatic heterocycles. The molecule has 1 amide bonds. The molecule has 0 aliphatic carbocycles. The Bertz CT molecular complexity index is 678. The van der Waals surface area contributed by atoms with Crippen molar-refractivity contribution in [2.45, 2.75) is 25.3 Å². The fourth-order valence-corrected chi connectivity index (χ4v) is 3.39. The average molecular weight is 392 g/mol. The molecule has 8 heteroatoms. The van der Waals surface area contributed by atoms with Gasteiger partial charge in [0.25, 0.3) is 0 Å². The molecule has 0 spiro atoms. The van der Waals surface area contributed by atoms with Gasteiger partial charge in [-0.25, -0.2) is 0 Å². The number of benzene rings is 1. The Balaban J connectivity index is 1.81. The van der Waals surface area contributed by atoms with Crippen LogP contribution in [0, 0.1) is 0 Å². The van der Waals surface area contributed by atoms with Crippen LogP contribution in [0.1, 0.15) is 19.3 Å². The number of anilines is 1. The van der Waals surface area contributed by atoms with Crippen molar-refractivity contribution < 1.29 is 14.3 Å². The Morgan fingerprint density at radius 2 is 2.04 bits per heavy atom. The lowest BCUT2D eigenvalue weighted by molar-refractivity contribution is -0.133. The van der Waals surface area contributed by atoms with Crippen molar-refractivity contribution >= 4 is 17.6 Å². The van der Waals surface area contributed by atoms with Crippen molar-refractivity contribution in [1.82, 2.24) is 15.1 Å². The number of methoxy groups -OCH3 is 2. The number of hydrogen-bond acceptors (Lipinski definition) is 5. The minimum atomic E-state index is 0.0270. The zero-order chi connectivity index (χ0) is 20.5. The molecule has 0 bridgehead atoms. The van der Waals surface area contributed by atoms with E-state index in [0.717, 1.165) is 44.6 Å². The predicted octanol–water partition coefficient (Wildman–Crippen LogP) is 1.63. The molecule has 1 aromatic carbocycles. The van der Waals surface area contributed by atoms with E-state index in [9.17, 15) is 4.79 Å². The molecule has 156 valence electrons. The highest BCUT2D eigenvalue weighted by Crippen LogP contribution is 2.29. The molecule has 2 N–H and O–H groups in total. The maximum absolute atomic E-state index is 12.3. The number of likely N-dealkylation sites (tertiary alicyclic amines) is 1. The van der Waals surface area contributed by atoms with Crippen molar-refractivity contribution in [3.63, 3.8) is 0 Å². The maximum atomic E-state index is 12.3. The molecule has 28 heavy (non-hydrogen) atoms. The number of hydrogen-bond donors (Lipinski definition) is 2. The highest BCUT2D eigenvalue weighted by Gasteiger charge is 2.30. The van der Waals surface area contributed by atoms with E-state index < -0.39 is 0 Å². The summed E-state index contributed by atoms with van der Waals surface area (Å²) in [5.41, 5.74) is 0.863. The van der Waals surface area contributed by atoms with E-state index in [1.54, 1.807) is 26.2 Å². The molecule has 1 saturated heterocycles. The van der Waals surface area contributed by atoms with Crippen LogP contribution in [0.4, 0.5) is 5.69 Å². The number of nitrogens with zero attached hydrogens (tertiary/aromatic N) is 3. The van der Waals surface area contributed by atoms with Crippen molar-refractivity contribution in [1.29, 1.82) is 0 Å². The smallest absolute Gasteiger partial charge is 0.239 e. The molecule has 2 rings (SSSR count).